The van der Waals surface area contributed by atoms with E-state index in [4.69, 9.17) is 9.59 Å². The van der Waals surface area contributed by atoms with E-state index < -0.39 is 16.6 Å². The predicted molar refractivity (Wildman–Crippen MR) is 99.9 cm³/mol. The van der Waals surface area contributed by atoms with Crippen molar-refractivity contribution < 1.29 is 73.8 Å². The zero-order valence-corrected chi connectivity index (χ0v) is 21.6. The van der Waals surface area contributed by atoms with Crippen molar-refractivity contribution in [3.8, 4) is 5.75 Å². The minimum atomic E-state index is -0.907. The van der Waals surface area contributed by atoms with Crippen molar-refractivity contribution in [2.24, 2.45) is 0 Å². The van der Waals surface area contributed by atoms with Crippen LogP contribution >= 0.6 is 0 Å². The first kappa shape index (κ1) is 28.0. The standard InChI is InChI=1S/C20H22NO3.CO2.2Na/c1-5-6-9-21-15-8-7-12(2)10-14(15)20(3,4)16(21)11-13-17(22)19(24)18(13)23;2-1-3;;/h7-8,10-11,22H,1,5-6,9H2,2-4H3;;;/q-1;;2*+1/p-1. The molecule has 2 aromatic carbocycles. The molecule has 0 aliphatic carbocycles. The van der Waals surface area contributed by atoms with Gasteiger partial charge in [0.15, 0.2) is 0 Å². The Morgan fingerprint density at radius 1 is 1.17 bits per heavy atom. The molecule has 3 rings (SSSR count). The molecule has 0 saturated carbocycles. The van der Waals surface area contributed by atoms with Gasteiger partial charge in [-0.1, -0.05) is 38.0 Å². The summed E-state index contributed by atoms with van der Waals surface area (Å²) in [7, 11) is 0. The van der Waals surface area contributed by atoms with Crippen LogP contribution in [0.15, 0.2) is 33.5 Å². The fourth-order valence-electron chi connectivity index (χ4n) is 3.42. The van der Waals surface area contributed by atoms with Crippen LogP contribution in [0.1, 0.15) is 43.4 Å². The third-order valence-corrected chi connectivity index (χ3v) is 4.86. The van der Waals surface area contributed by atoms with E-state index in [9.17, 15) is 14.7 Å². The summed E-state index contributed by atoms with van der Waals surface area (Å²) in [5.74, 6) is -0.674. The zero-order chi connectivity index (χ0) is 20.4. The maximum Gasteiger partial charge on any atom is 1.00 e. The van der Waals surface area contributed by atoms with Gasteiger partial charge >= 0.3 is 65.3 Å². The largest absolute Gasteiger partial charge is 1.00 e. The van der Waals surface area contributed by atoms with Gasteiger partial charge in [-0.3, -0.25) is 9.59 Å². The van der Waals surface area contributed by atoms with E-state index in [0.717, 1.165) is 30.8 Å². The fourth-order valence-corrected chi connectivity index (χ4v) is 3.42. The SMILES string of the molecule is O=C=O.[CH2-]CCCN1C(=Cc2c([O-])c(=O)c2=O)C(C)(C)c2cc(C)ccc21.[Na+].[Na+]. The minimum Gasteiger partial charge on any atom is -0.869 e. The van der Waals surface area contributed by atoms with Gasteiger partial charge in [0.2, 0.25) is 10.9 Å². The second-order valence-electron chi connectivity index (χ2n) is 7.02. The van der Waals surface area contributed by atoms with Crippen LogP contribution in [-0.4, -0.2) is 12.7 Å². The molecule has 8 heteroatoms. The monoisotopic (exact) mass is 413 g/mol. The Balaban J connectivity index is 0.00000148. The molecule has 1 aliphatic rings. The van der Waals surface area contributed by atoms with Crippen molar-refractivity contribution in [2.75, 3.05) is 11.4 Å². The Bertz CT molecular complexity index is 997. The van der Waals surface area contributed by atoms with Gasteiger partial charge < -0.3 is 16.9 Å². The van der Waals surface area contributed by atoms with Gasteiger partial charge in [-0.25, -0.2) is 0 Å². The molecule has 29 heavy (non-hydrogen) atoms. The summed E-state index contributed by atoms with van der Waals surface area (Å²) in [5, 5.41) is 11.7. The summed E-state index contributed by atoms with van der Waals surface area (Å²) in [5.41, 5.74) is 2.41. The van der Waals surface area contributed by atoms with E-state index >= 15 is 0 Å². The summed E-state index contributed by atoms with van der Waals surface area (Å²) in [4.78, 5) is 41.4. The normalized spacial score (nSPS) is 14.9. The number of fused-ring (bicyclic) bond motifs is 1. The van der Waals surface area contributed by atoms with E-state index in [-0.39, 0.29) is 76.2 Å². The number of unbranched alkanes of at least 4 members (excludes halogenated alkanes) is 1. The van der Waals surface area contributed by atoms with Crippen LogP contribution in [0.2, 0.25) is 0 Å². The van der Waals surface area contributed by atoms with Crippen molar-refractivity contribution in [3.63, 3.8) is 0 Å². The first-order chi connectivity index (χ1) is 12.7. The fraction of sp³-hybridized carbons (Fsp3) is 0.333. The van der Waals surface area contributed by atoms with Crippen LogP contribution in [0.5, 0.6) is 5.75 Å². The number of carbonyl (C=O) groups excluding carboxylic acids is 2. The molecule has 0 aromatic heterocycles. The Kier molecular flexibility index (Phi) is 11.0. The molecule has 0 fully saturated rings. The molecule has 0 spiro atoms. The number of rotatable bonds is 4. The Labute approximate surface area is 214 Å². The number of allylic oxidation sites excluding steroid dienone is 1. The maximum absolute atomic E-state index is 11.7. The molecular weight excluding hydrogens is 392 g/mol. The molecular formula is C21H21NNa2O5. The summed E-state index contributed by atoms with van der Waals surface area (Å²) in [6.45, 7) is 10.9. The third kappa shape index (κ3) is 5.39. The van der Waals surface area contributed by atoms with E-state index in [1.807, 2.05) is 6.92 Å². The molecule has 0 bridgehead atoms. The third-order valence-electron chi connectivity index (χ3n) is 4.86. The average molecular weight is 413 g/mol. The van der Waals surface area contributed by atoms with Gasteiger partial charge in [0.25, 0.3) is 0 Å². The molecule has 0 saturated heterocycles. The van der Waals surface area contributed by atoms with E-state index in [2.05, 4.69) is 43.9 Å². The molecule has 0 atom stereocenters. The molecule has 0 radical (unpaired) electrons. The zero-order valence-electron chi connectivity index (χ0n) is 17.6. The summed E-state index contributed by atoms with van der Waals surface area (Å²) in [6.07, 6.45) is 3.57. The summed E-state index contributed by atoms with van der Waals surface area (Å²) < 4.78 is 0. The molecule has 142 valence electrons. The van der Waals surface area contributed by atoms with Crippen molar-refractivity contribution in [1.82, 2.24) is 0 Å². The number of hydrogen-bond acceptors (Lipinski definition) is 6. The van der Waals surface area contributed by atoms with E-state index in [1.165, 1.54) is 11.1 Å². The van der Waals surface area contributed by atoms with Gasteiger partial charge in [0, 0.05) is 28.9 Å². The molecule has 0 amide bonds. The molecule has 0 unspecified atom stereocenters. The van der Waals surface area contributed by atoms with E-state index in [0.29, 0.717) is 0 Å². The molecule has 0 N–H and O–H groups in total. The Hall–Kier alpha value is -0.980. The van der Waals surface area contributed by atoms with Crippen LogP contribution in [-0.2, 0) is 15.0 Å². The van der Waals surface area contributed by atoms with Crippen LogP contribution in [0, 0.1) is 13.8 Å². The number of anilines is 1. The van der Waals surface area contributed by atoms with Crippen LogP contribution in [0.4, 0.5) is 5.69 Å². The van der Waals surface area contributed by atoms with Crippen LogP contribution < -0.4 is 80.0 Å². The van der Waals surface area contributed by atoms with Gasteiger partial charge in [-0.15, -0.1) is 0 Å². The van der Waals surface area contributed by atoms with Gasteiger partial charge in [-0.2, -0.15) is 16.0 Å². The smallest absolute Gasteiger partial charge is 0.869 e. The molecule has 1 heterocycles. The first-order valence-electron chi connectivity index (χ1n) is 8.60. The molecule has 1 aliphatic heterocycles. The second kappa shape index (κ2) is 11.4. The van der Waals surface area contributed by atoms with Crippen LogP contribution in [0.25, 0.3) is 6.08 Å². The number of benzene rings is 1. The van der Waals surface area contributed by atoms with Crippen molar-refractivity contribution in [2.45, 2.75) is 39.0 Å². The van der Waals surface area contributed by atoms with Crippen molar-refractivity contribution in [1.29, 1.82) is 0 Å². The molecule has 6 nitrogen and oxygen atoms in total. The van der Waals surface area contributed by atoms with Gasteiger partial charge in [0.05, 0.1) is 0 Å². The van der Waals surface area contributed by atoms with Crippen LogP contribution in [0.3, 0.4) is 0 Å². The number of hydrogen-bond donors (Lipinski definition) is 0. The van der Waals surface area contributed by atoms with Gasteiger partial charge in [-0.05, 0) is 30.4 Å². The number of nitrogens with zero attached hydrogens (tertiary/aromatic N) is 1. The van der Waals surface area contributed by atoms with Gasteiger partial charge in [0.1, 0.15) is 0 Å². The maximum atomic E-state index is 11.7. The Morgan fingerprint density at radius 3 is 2.28 bits per heavy atom. The minimum absolute atomic E-state index is 0. The van der Waals surface area contributed by atoms with E-state index in [1.54, 1.807) is 6.08 Å². The number of aryl methyl sites for hydroxylation is 1. The second-order valence-corrected chi connectivity index (χ2v) is 7.02. The average Bonchev–Trinajstić information content (AvgIpc) is 2.84. The summed E-state index contributed by atoms with van der Waals surface area (Å²) in [6, 6.07) is 6.29. The topological polar surface area (TPSA) is 94.6 Å². The quantitative estimate of drug-likeness (QED) is 0.287. The van der Waals surface area contributed by atoms with Crippen molar-refractivity contribution in [3.05, 3.63) is 68.0 Å². The molecule has 2 aromatic rings. The first-order valence-corrected chi connectivity index (χ1v) is 8.60. The predicted octanol–water partition coefficient (Wildman–Crippen LogP) is -4.16. The summed E-state index contributed by atoms with van der Waals surface area (Å²) >= 11 is 0. The Morgan fingerprint density at radius 2 is 1.76 bits per heavy atom. The van der Waals surface area contributed by atoms with Crippen molar-refractivity contribution >= 4 is 17.9 Å².